The number of rotatable bonds is 5. The van der Waals surface area contributed by atoms with Crippen LogP contribution in [0.15, 0.2) is 54.9 Å². The van der Waals surface area contributed by atoms with Crippen LogP contribution < -0.4 is 16.4 Å². The van der Waals surface area contributed by atoms with Gasteiger partial charge in [-0.1, -0.05) is 31.2 Å². The van der Waals surface area contributed by atoms with Crippen molar-refractivity contribution in [2.75, 3.05) is 16.4 Å². The third-order valence-electron chi connectivity index (χ3n) is 3.99. The molecule has 5 nitrogen and oxygen atoms in total. The number of nitrogens with two attached hydrogens (primary N) is 1. The van der Waals surface area contributed by atoms with E-state index in [1.54, 1.807) is 0 Å². The van der Waals surface area contributed by atoms with Crippen molar-refractivity contribution < 1.29 is 13.2 Å². The van der Waals surface area contributed by atoms with Crippen LogP contribution in [0.4, 0.5) is 41.9 Å². The zero-order chi connectivity index (χ0) is 19.4. The Labute approximate surface area is 154 Å². The number of para-hydroxylation sites is 1. The van der Waals surface area contributed by atoms with Crippen molar-refractivity contribution in [2.24, 2.45) is 0 Å². The van der Waals surface area contributed by atoms with E-state index in [2.05, 4.69) is 27.5 Å². The number of halogens is 3. The monoisotopic (exact) mass is 373 g/mol. The number of hydrogen-bond donors (Lipinski definition) is 3. The molecule has 0 bridgehead atoms. The van der Waals surface area contributed by atoms with Gasteiger partial charge in [-0.15, -0.1) is 0 Å². The van der Waals surface area contributed by atoms with Crippen LogP contribution in [0, 0.1) is 0 Å². The minimum absolute atomic E-state index is 0.0920. The van der Waals surface area contributed by atoms with Crippen LogP contribution >= 0.6 is 0 Å². The molecule has 3 rings (SSSR count). The van der Waals surface area contributed by atoms with Crippen molar-refractivity contribution in [3.63, 3.8) is 0 Å². The molecule has 0 amide bonds. The Morgan fingerprint density at radius 2 is 1.56 bits per heavy atom. The van der Waals surface area contributed by atoms with Crippen molar-refractivity contribution in [1.82, 2.24) is 9.97 Å². The second-order valence-corrected chi connectivity index (χ2v) is 5.83. The van der Waals surface area contributed by atoms with E-state index in [4.69, 9.17) is 5.73 Å². The second kappa shape index (κ2) is 7.53. The first-order valence-electron chi connectivity index (χ1n) is 8.28. The molecule has 0 saturated carbocycles. The van der Waals surface area contributed by atoms with Crippen LogP contribution in [0.2, 0.25) is 0 Å². The van der Waals surface area contributed by atoms with Gasteiger partial charge in [-0.05, 0) is 36.2 Å². The Morgan fingerprint density at radius 1 is 0.926 bits per heavy atom. The van der Waals surface area contributed by atoms with E-state index < -0.39 is 11.7 Å². The smallest absolute Gasteiger partial charge is 0.393 e. The maximum Gasteiger partial charge on any atom is 0.418 e. The first-order valence-corrected chi connectivity index (χ1v) is 8.28. The van der Waals surface area contributed by atoms with Gasteiger partial charge in [0.2, 0.25) is 0 Å². The van der Waals surface area contributed by atoms with Crippen LogP contribution in [0.1, 0.15) is 18.1 Å². The van der Waals surface area contributed by atoms with Crippen molar-refractivity contribution in [3.05, 3.63) is 66.0 Å². The lowest BCUT2D eigenvalue weighted by Crippen LogP contribution is -2.10. The summed E-state index contributed by atoms with van der Waals surface area (Å²) >= 11 is 0. The first-order chi connectivity index (χ1) is 12.9. The maximum absolute atomic E-state index is 13.2. The molecule has 1 heterocycles. The average Bonchev–Trinajstić information content (AvgIpc) is 2.65. The highest BCUT2D eigenvalue weighted by molar-refractivity contribution is 5.80. The fraction of sp³-hybridized carbons (Fsp3) is 0.158. The highest BCUT2D eigenvalue weighted by Crippen LogP contribution is 2.37. The maximum atomic E-state index is 13.2. The van der Waals surface area contributed by atoms with Gasteiger partial charge < -0.3 is 16.4 Å². The third kappa shape index (κ3) is 4.28. The van der Waals surface area contributed by atoms with Gasteiger partial charge in [0.25, 0.3) is 0 Å². The quantitative estimate of drug-likeness (QED) is 0.578. The van der Waals surface area contributed by atoms with E-state index in [0.717, 1.165) is 18.2 Å². The molecule has 0 aliphatic carbocycles. The summed E-state index contributed by atoms with van der Waals surface area (Å²) in [7, 11) is 0. The zero-order valence-electron chi connectivity index (χ0n) is 14.5. The summed E-state index contributed by atoms with van der Waals surface area (Å²) < 4.78 is 39.5. The number of nitrogen functional groups attached to an aromatic ring is 1. The predicted octanol–water partition coefficient (Wildman–Crippen LogP) is 5.13. The Bertz CT molecular complexity index is 923. The molecule has 3 aromatic rings. The van der Waals surface area contributed by atoms with Crippen LogP contribution in [0.5, 0.6) is 0 Å². The Kier molecular flexibility index (Phi) is 5.16. The average molecular weight is 373 g/mol. The molecule has 0 aliphatic heterocycles. The van der Waals surface area contributed by atoms with Crippen LogP contribution in [0.25, 0.3) is 0 Å². The molecule has 1 aromatic heterocycles. The molecule has 0 atom stereocenters. The number of hydrogen-bond acceptors (Lipinski definition) is 5. The molecule has 0 saturated heterocycles. The molecule has 27 heavy (non-hydrogen) atoms. The van der Waals surface area contributed by atoms with Crippen LogP contribution in [-0.2, 0) is 12.6 Å². The molecule has 0 radical (unpaired) electrons. The topological polar surface area (TPSA) is 75.9 Å². The highest BCUT2D eigenvalue weighted by atomic mass is 19.4. The third-order valence-corrected chi connectivity index (χ3v) is 3.99. The molecular weight excluding hydrogens is 355 g/mol. The van der Waals surface area contributed by atoms with Gasteiger partial charge in [-0.25, -0.2) is 9.97 Å². The summed E-state index contributed by atoms with van der Waals surface area (Å²) in [6, 6.07) is 12.8. The van der Waals surface area contributed by atoms with E-state index >= 15 is 0 Å². The summed E-state index contributed by atoms with van der Waals surface area (Å²) in [5.74, 6) is 0.399. The van der Waals surface area contributed by atoms with Gasteiger partial charge in [0.1, 0.15) is 12.0 Å². The van der Waals surface area contributed by atoms with Crippen molar-refractivity contribution >= 4 is 28.7 Å². The lowest BCUT2D eigenvalue weighted by atomic mass is 10.1. The molecule has 2 aromatic carbocycles. The standard InChI is InChI=1S/C19H18F3N5/c1-2-12-7-9-13(10-8-12)26-17-16(23)18(25-11-24-17)27-15-6-4-3-5-14(15)19(20,21)22/h3-11H,2,23H2,1H3,(H2,24,25,26,27). The molecule has 0 fully saturated rings. The summed E-state index contributed by atoms with van der Waals surface area (Å²) in [4.78, 5) is 8.05. The van der Waals surface area contributed by atoms with Gasteiger partial charge >= 0.3 is 6.18 Å². The molecule has 140 valence electrons. The second-order valence-electron chi connectivity index (χ2n) is 5.83. The zero-order valence-corrected chi connectivity index (χ0v) is 14.5. The Morgan fingerprint density at radius 3 is 2.19 bits per heavy atom. The molecule has 0 aliphatic rings. The minimum Gasteiger partial charge on any atom is -0.393 e. The van der Waals surface area contributed by atoms with E-state index in [1.807, 2.05) is 24.3 Å². The number of alkyl halides is 3. The van der Waals surface area contributed by atoms with Gasteiger partial charge in [-0.3, -0.25) is 0 Å². The first kappa shape index (κ1) is 18.5. The number of benzene rings is 2. The summed E-state index contributed by atoms with van der Waals surface area (Å²) in [5.41, 5.74) is 7.20. The van der Waals surface area contributed by atoms with E-state index in [9.17, 15) is 13.2 Å². The Balaban J connectivity index is 1.87. The van der Waals surface area contributed by atoms with Crippen LogP contribution in [-0.4, -0.2) is 9.97 Å². The fourth-order valence-corrected chi connectivity index (χ4v) is 2.52. The van der Waals surface area contributed by atoms with Crippen molar-refractivity contribution in [3.8, 4) is 0 Å². The number of aromatic nitrogens is 2. The molecule has 4 N–H and O–H groups in total. The van der Waals surface area contributed by atoms with Crippen molar-refractivity contribution in [1.29, 1.82) is 0 Å². The fourth-order valence-electron chi connectivity index (χ4n) is 2.52. The Hall–Kier alpha value is -3.29. The SMILES string of the molecule is CCc1ccc(Nc2ncnc(Nc3ccccc3C(F)(F)F)c2N)cc1. The largest absolute Gasteiger partial charge is 0.418 e. The van der Waals surface area contributed by atoms with Gasteiger partial charge in [0.05, 0.1) is 11.3 Å². The highest BCUT2D eigenvalue weighted by Gasteiger charge is 2.33. The summed E-state index contributed by atoms with van der Waals surface area (Å²) in [6.07, 6.45) is -2.34. The van der Waals surface area contributed by atoms with Gasteiger partial charge in [0, 0.05) is 5.69 Å². The van der Waals surface area contributed by atoms with Gasteiger partial charge in [0.15, 0.2) is 11.6 Å². The van der Waals surface area contributed by atoms with E-state index in [1.165, 1.54) is 30.1 Å². The van der Waals surface area contributed by atoms with Crippen molar-refractivity contribution in [2.45, 2.75) is 19.5 Å². The number of nitrogens with zero attached hydrogens (tertiary/aromatic N) is 2. The van der Waals surface area contributed by atoms with E-state index in [0.29, 0.717) is 5.82 Å². The molecule has 8 heteroatoms. The normalized spacial score (nSPS) is 11.3. The summed E-state index contributed by atoms with van der Waals surface area (Å²) in [5, 5.41) is 5.71. The van der Waals surface area contributed by atoms with Gasteiger partial charge in [-0.2, -0.15) is 13.2 Å². The number of anilines is 5. The summed E-state index contributed by atoms with van der Waals surface area (Å²) in [6.45, 7) is 2.06. The minimum atomic E-state index is -4.49. The molecule has 0 unspecified atom stereocenters. The van der Waals surface area contributed by atoms with E-state index in [-0.39, 0.29) is 17.2 Å². The molecule has 0 spiro atoms. The predicted molar refractivity (Wildman–Crippen MR) is 100 cm³/mol. The van der Waals surface area contributed by atoms with Crippen LogP contribution in [0.3, 0.4) is 0 Å². The molecular formula is C19H18F3N5. The lowest BCUT2D eigenvalue weighted by Gasteiger charge is -2.16. The lowest BCUT2D eigenvalue weighted by molar-refractivity contribution is -0.136. The number of nitrogens with one attached hydrogen (secondary N) is 2. The number of aryl methyl sites for hydroxylation is 1.